The predicted molar refractivity (Wildman–Crippen MR) is 152 cm³/mol. The van der Waals surface area contributed by atoms with Gasteiger partial charge in [-0.1, -0.05) is 152 Å². The van der Waals surface area contributed by atoms with Crippen LogP contribution in [0.3, 0.4) is 0 Å². The van der Waals surface area contributed by atoms with Gasteiger partial charge in [-0.25, -0.2) is 0 Å². The van der Waals surface area contributed by atoms with Gasteiger partial charge in [0.2, 0.25) is 0 Å². The van der Waals surface area contributed by atoms with Crippen LogP contribution in [-0.4, -0.2) is 18.6 Å². The predicted octanol–water partition coefficient (Wildman–Crippen LogP) is 9.80. The molecular formula is C31H49B2NO. The first-order valence-corrected chi connectivity index (χ1v) is 15.7. The highest BCUT2D eigenvalue weighted by Gasteiger charge is 2.40. The van der Waals surface area contributed by atoms with E-state index in [0.29, 0.717) is 13.6 Å². The van der Waals surface area contributed by atoms with E-state index in [1.807, 2.05) is 6.20 Å². The molecule has 4 fully saturated rings. The molecule has 0 aromatic carbocycles. The van der Waals surface area contributed by atoms with Gasteiger partial charge in [0, 0.05) is 6.20 Å². The Kier molecular flexibility index (Phi) is 9.74. The average Bonchev–Trinajstić information content (AvgIpc) is 2.95. The zero-order chi connectivity index (χ0) is 23.7. The van der Waals surface area contributed by atoms with Crippen LogP contribution in [0.2, 0.25) is 23.3 Å². The second-order valence-electron chi connectivity index (χ2n) is 12.5. The summed E-state index contributed by atoms with van der Waals surface area (Å²) in [6.07, 6.45) is 30.1. The van der Waals surface area contributed by atoms with Gasteiger partial charge in [0.25, 0.3) is 0 Å². The van der Waals surface area contributed by atoms with Crippen LogP contribution < -0.4 is 0 Å². The molecule has 190 valence electrons. The van der Waals surface area contributed by atoms with Crippen molar-refractivity contribution in [2.24, 2.45) is 0 Å². The summed E-state index contributed by atoms with van der Waals surface area (Å²) in [7, 11) is 0. The van der Waals surface area contributed by atoms with Crippen molar-refractivity contribution in [3.8, 4) is 0 Å². The van der Waals surface area contributed by atoms with Gasteiger partial charge in [0.1, 0.15) is 11.5 Å². The van der Waals surface area contributed by atoms with Crippen LogP contribution in [-0.2, 0) is 4.65 Å². The number of hydrogen-bond donors (Lipinski definition) is 0. The van der Waals surface area contributed by atoms with E-state index in [9.17, 15) is 0 Å². The maximum atomic E-state index is 7.33. The Morgan fingerprint density at radius 2 is 1.09 bits per heavy atom. The van der Waals surface area contributed by atoms with Gasteiger partial charge in [0.05, 0.1) is 0 Å². The molecular weight excluding hydrogens is 424 g/mol. The van der Waals surface area contributed by atoms with Crippen LogP contribution in [0.4, 0.5) is 0 Å². The second-order valence-corrected chi connectivity index (χ2v) is 12.5. The molecule has 4 heteroatoms. The Bertz CT molecular complexity index is 723. The third kappa shape index (κ3) is 6.98. The highest BCUT2D eigenvalue weighted by molar-refractivity contribution is 6.68. The summed E-state index contributed by atoms with van der Waals surface area (Å²) in [4.78, 5) is 4.87. The van der Waals surface area contributed by atoms with Crippen molar-refractivity contribution >= 4 is 19.4 Å². The third-order valence-electron chi connectivity index (χ3n) is 10.1. The highest BCUT2D eigenvalue weighted by Crippen LogP contribution is 2.45. The van der Waals surface area contributed by atoms with Gasteiger partial charge < -0.3 is 4.65 Å². The molecule has 0 radical (unpaired) electrons. The largest absolute Gasteiger partial charge is 0.559 e. The summed E-state index contributed by atoms with van der Waals surface area (Å²) in [5.74, 6) is 6.96. The lowest BCUT2D eigenvalue weighted by Gasteiger charge is -2.37. The molecule has 5 rings (SSSR count). The standard InChI is InChI=1S/C31H49B2NO/c1-5-15-26(16-6-1)32(27-17-7-2-8-18-27)25-31(30-23-13-14-24-34-30)35-33(28-19-9-3-10-20-28)29-21-11-4-12-22-29/h13-14,23-29H,1-12,15-22H2/b31-25+. The molecule has 0 bridgehead atoms. The van der Waals surface area contributed by atoms with Crippen LogP contribution in [0.25, 0.3) is 5.76 Å². The van der Waals surface area contributed by atoms with E-state index in [2.05, 4.69) is 24.2 Å². The van der Waals surface area contributed by atoms with Crippen molar-refractivity contribution in [1.29, 1.82) is 0 Å². The zero-order valence-corrected chi connectivity index (χ0v) is 22.3. The fourth-order valence-electron chi connectivity index (χ4n) is 8.21. The summed E-state index contributed by atoms with van der Waals surface area (Å²) < 4.78 is 7.33. The molecule has 1 aromatic heterocycles. The first-order valence-electron chi connectivity index (χ1n) is 15.7. The SMILES string of the molecule is C(/B(C1CCCCC1)C1CCCCC1)=C(\OB(C1CCCCC1)C1CCCCC1)c1ccccn1. The van der Waals surface area contributed by atoms with Crippen molar-refractivity contribution < 1.29 is 4.65 Å². The first kappa shape index (κ1) is 25.5. The molecule has 0 N–H and O–H groups in total. The number of pyridine rings is 1. The van der Waals surface area contributed by atoms with E-state index in [0.717, 1.165) is 34.7 Å². The fourth-order valence-corrected chi connectivity index (χ4v) is 8.21. The maximum absolute atomic E-state index is 7.33. The normalized spacial score (nSPS) is 24.3. The number of hydrogen-bond acceptors (Lipinski definition) is 2. The average molecular weight is 473 g/mol. The lowest BCUT2D eigenvalue weighted by Crippen LogP contribution is -2.34. The zero-order valence-electron chi connectivity index (χ0n) is 22.3. The molecule has 0 saturated heterocycles. The van der Waals surface area contributed by atoms with Crippen LogP contribution in [0, 0.1) is 0 Å². The molecule has 0 unspecified atom stereocenters. The minimum atomic E-state index is 0.391. The molecule has 4 saturated carbocycles. The van der Waals surface area contributed by atoms with E-state index in [1.165, 1.54) is 128 Å². The van der Waals surface area contributed by atoms with Gasteiger partial charge >= 0.3 is 6.92 Å². The maximum Gasteiger partial charge on any atom is 0.364 e. The Balaban J connectivity index is 1.46. The molecule has 0 atom stereocenters. The molecule has 4 aliphatic rings. The van der Waals surface area contributed by atoms with Crippen LogP contribution in [0.5, 0.6) is 0 Å². The number of nitrogens with zero attached hydrogens (tertiary/aromatic N) is 1. The monoisotopic (exact) mass is 473 g/mol. The molecule has 0 aliphatic heterocycles. The van der Waals surface area contributed by atoms with Gasteiger partial charge in [0.15, 0.2) is 6.71 Å². The van der Waals surface area contributed by atoms with Crippen LogP contribution in [0.1, 0.15) is 134 Å². The Morgan fingerprint density at radius 3 is 1.51 bits per heavy atom. The van der Waals surface area contributed by atoms with Crippen molar-refractivity contribution in [2.75, 3.05) is 0 Å². The highest BCUT2D eigenvalue weighted by atomic mass is 16.4. The quantitative estimate of drug-likeness (QED) is 0.277. The third-order valence-corrected chi connectivity index (χ3v) is 10.1. The summed E-state index contributed by atoms with van der Waals surface area (Å²) >= 11 is 0. The minimum absolute atomic E-state index is 0.391. The van der Waals surface area contributed by atoms with Crippen molar-refractivity contribution in [3.63, 3.8) is 0 Å². The van der Waals surface area contributed by atoms with E-state index in [4.69, 9.17) is 9.64 Å². The van der Waals surface area contributed by atoms with Gasteiger partial charge in [-0.3, -0.25) is 4.98 Å². The summed E-state index contributed by atoms with van der Waals surface area (Å²) in [5.41, 5.74) is 1.08. The van der Waals surface area contributed by atoms with E-state index in [1.54, 1.807) is 0 Å². The van der Waals surface area contributed by atoms with Gasteiger partial charge in [-0.15, -0.1) is 0 Å². The smallest absolute Gasteiger partial charge is 0.364 e. The van der Waals surface area contributed by atoms with Crippen molar-refractivity contribution in [1.82, 2.24) is 4.98 Å². The number of aromatic nitrogens is 1. The van der Waals surface area contributed by atoms with Gasteiger partial charge in [-0.2, -0.15) is 0 Å². The summed E-state index contributed by atoms with van der Waals surface area (Å²) in [5, 5.41) is 0. The minimum Gasteiger partial charge on any atom is -0.559 e. The van der Waals surface area contributed by atoms with Crippen molar-refractivity contribution in [3.05, 3.63) is 36.1 Å². The molecule has 0 amide bonds. The Hall–Kier alpha value is -1.18. The molecule has 35 heavy (non-hydrogen) atoms. The Labute approximate surface area is 216 Å². The van der Waals surface area contributed by atoms with Gasteiger partial charge in [-0.05, 0) is 23.8 Å². The van der Waals surface area contributed by atoms with Crippen LogP contribution in [0.15, 0.2) is 30.4 Å². The fraction of sp³-hybridized carbons (Fsp3) is 0.774. The first-order chi connectivity index (χ1) is 17.4. The molecule has 1 heterocycles. The van der Waals surface area contributed by atoms with E-state index < -0.39 is 0 Å². The lowest BCUT2D eigenvalue weighted by atomic mass is 9.30. The topological polar surface area (TPSA) is 22.1 Å². The van der Waals surface area contributed by atoms with Crippen molar-refractivity contribution in [2.45, 2.75) is 152 Å². The second kappa shape index (κ2) is 13.4. The summed E-state index contributed by atoms with van der Waals surface area (Å²) in [6, 6.07) is 6.43. The van der Waals surface area contributed by atoms with E-state index in [-0.39, 0.29) is 0 Å². The summed E-state index contributed by atoms with van der Waals surface area (Å²) in [6.45, 7) is 1.06. The Morgan fingerprint density at radius 1 is 0.629 bits per heavy atom. The number of rotatable bonds is 8. The molecule has 4 aliphatic carbocycles. The lowest BCUT2D eigenvalue weighted by molar-refractivity contribution is 0.391. The molecule has 2 nitrogen and oxygen atoms in total. The molecule has 0 spiro atoms. The molecule has 1 aromatic rings. The van der Waals surface area contributed by atoms with E-state index >= 15 is 0 Å². The van der Waals surface area contributed by atoms with Crippen LogP contribution >= 0.6 is 0 Å².